The Balaban J connectivity index is 0.00000256. The number of ether oxygens (including phenoxy) is 1. The van der Waals surface area contributed by atoms with E-state index < -0.39 is 11.9 Å². The Kier molecular flexibility index (Phi) is 6.53. The summed E-state index contributed by atoms with van der Waals surface area (Å²) < 4.78 is 18.4. The average Bonchev–Trinajstić information content (AvgIpc) is 2.22. The van der Waals surface area contributed by atoms with Gasteiger partial charge < -0.3 is 15.8 Å². The number of benzene rings is 1. The maximum Gasteiger partial charge on any atom is 0.241 e. The van der Waals surface area contributed by atoms with E-state index in [4.69, 9.17) is 10.5 Å². The van der Waals surface area contributed by atoms with Crippen LogP contribution >= 0.6 is 12.4 Å². The molecule has 17 heavy (non-hydrogen) atoms. The maximum atomic E-state index is 13.4. The van der Waals surface area contributed by atoms with Crippen LogP contribution in [0.25, 0.3) is 0 Å². The highest BCUT2D eigenvalue weighted by Crippen LogP contribution is 2.21. The van der Waals surface area contributed by atoms with E-state index in [2.05, 4.69) is 5.32 Å². The van der Waals surface area contributed by atoms with E-state index in [1.807, 2.05) is 0 Å². The van der Waals surface area contributed by atoms with Crippen LogP contribution in [0.3, 0.4) is 0 Å². The summed E-state index contributed by atoms with van der Waals surface area (Å²) in [5.41, 5.74) is 5.73. The van der Waals surface area contributed by atoms with Crippen molar-refractivity contribution in [3.05, 3.63) is 24.0 Å². The number of nitrogens with two attached hydrogens (primary N) is 1. The molecule has 0 saturated heterocycles. The number of nitrogens with one attached hydrogen (secondary N) is 1. The molecule has 1 aromatic carbocycles. The topological polar surface area (TPSA) is 64.3 Å². The first-order valence-electron chi connectivity index (χ1n) is 5.03. The Labute approximate surface area is 106 Å². The summed E-state index contributed by atoms with van der Waals surface area (Å²) in [7, 11) is 0. The van der Waals surface area contributed by atoms with E-state index in [1.54, 1.807) is 19.9 Å². The van der Waals surface area contributed by atoms with Crippen LogP contribution in [0, 0.1) is 5.82 Å². The van der Waals surface area contributed by atoms with Crippen LogP contribution in [-0.4, -0.2) is 18.6 Å². The molecular formula is C11H16ClFN2O2. The second kappa shape index (κ2) is 7.09. The first-order valence-corrected chi connectivity index (χ1v) is 5.03. The number of carbonyl (C=O) groups is 1. The number of anilines is 1. The fourth-order valence-corrected chi connectivity index (χ4v) is 1.11. The molecule has 0 unspecified atom stereocenters. The van der Waals surface area contributed by atoms with E-state index in [0.29, 0.717) is 12.3 Å². The zero-order valence-electron chi connectivity index (χ0n) is 9.70. The predicted molar refractivity (Wildman–Crippen MR) is 67.1 cm³/mol. The van der Waals surface area contributed by atoms with Gasteiger partial charge in [-0.25, -0.2) is 4.39 Å². The number of halogens is 2. The van der Waals surface area contributed by atoms with Gasteiger partial charge in [0.2, 0.25) is 5.91 Å². The standard InChI is InChI=1S/C11H15FN2O2.ClH/c1-3-16-10-5-4-8(6-9(10)12)14-11(15)7(2)13;/h4-7H,3,13H2,1-2H3,(H,14,15);1H/t7-;/m1./s1. The Morgan fingerprint density at radius 1 is 1.59 bits per heavy atom. The minimum Gasteiger partial charge on any atom is -0.491 e. The zero-order chi connectivity index (χ0) is 12.1. The predicted octanol–water partition coefficient (Wildman–Crippen LogP) is 1.93. The SMILES string of the molecule is CCOc1ccc(NC(=O)[C@@H](C)N)cc1F.Cl. The van der Waals surface area contributed by atoms with Crippen LogP contribution in [-0.2, 0) is 4.79 Å². The zero-order valence-corrected chi connectivity index (χ0v) is 10.5. The molecule has 1 amide bonds. The summed E-state index contributed by atoms with van der Waals surface area (Å²) in [4.78, 5) is 11.2. The lowest BCUT2D eigenvalue weighted by Gasteiger charge is -2.09. The maximum absolute atomic E-state index is 13.4. The lowest BCUT2D eigenvalue weighted by atomic mass is 10.2. The van der Waals surface area contributed by atoms with Gasteiger partial charge in [0.15, 0.2) is 11.6 Å². The third-order valence-corrected chi connectivity index (χ3v) is 1.91. The Hall–Kier alpha value is -1.33. The van der Waals surface area contributed by atoms with Crippen molar-refractivity contribution in [3.8, 4) is 5.75 Å². The van der Waals surface area contributed by atoms with E-state index in [1.165, 1.54) is 12.1 Å². The van der Waals surface area contributed by atoms with Crippen molar-refractivity contribution in [1.29, 1.82) is 0 Å². The fraction of sp³-hybridized carbons (Fsp3) is 0.364. The van der Waals surface area contributed by atoms with Gasteiger partial charge in [0.25, 0.3) is 0 Å². The number of amides is 1. The highest BCUT2D eigenvalue weighted by molar-refractivity contribution is 5.94. The van der Waals surface area contributed by atoms with Crippen LogP contribution in [0.2, 0.25) is 0 Å². The molecule has 0 fully saturated rings. The van der Waals surface area contributed by atoms with Gasteiger partial charge in [-0.3, -0.25) is 4.79 Å². The molecule has 0 aromatic heterocycles. The summed E-state index contributed by atoms with van der Waals surface area (Å²) in [6.45, 7) is 3.72. The molecule has 96 valence electrons. The second-order valence-electron chi connectivity index (χ2n) is 3.36. The van der Waals surface area contributed by atoms with E-state index in [0.717, 1.165) is 0 Å². The van der Waals surface area contributed by atoms with E-state index >= 15 is 0 Å². The molecule has 0 saturated carbocycles. The molecule has 0 bridgehead atoms. The highest BCUT2D eigenvalue weighted by atomic mass is 35.5. The first-order chi connectivity index (χ1) is 7.54. The minimum atomic E-state index is -0.630. The largest absolute Gasteiger partial charge is 0.491 e. The number of hydrogen-bond donors (Lipinski definition) is 2. The molecule has 0 radical (unpaired) electrons. The van der Waals surface area contributed by atoms with Gasteiger partial charge >= 0.3 is 0 Å². The molecule has 0 aliphatic carbocycles. The smallest absolute Gasteiger partial charge is 0.241 e. The van der Waals surface area contributed by atoms with Gasteiger partial charge in [-0.1, -0.05) is 0 Å². The van der Waals surface area contributed by atoms with Crippen molar-refractivity contribution in [2.24, 2.45) is 5.73 Å². The Bertz CT molecular complexity index is 386. The van der Waals surface area contributed by atoms with Gasteiger partial charge in [0.05, 0.1) is 12.6 Å². The lowest BCUT2D eigenvalue weighted by Crippen LogP contribution is -2.32. The summed E-state index contributed by atoms with van der Waals surface area (Å²) in [5.74, 6) is -0.700. The number of carbonyl (C=O) groups excluding carboxylic acids is 1. The van der Waals surface area contributed by atoms with Crippen LogP contribution in [0.15, 0.2) is 18.2 Å². The van der Waals surface area contributed by atoms with Crippen molar-refractivity contribution < 1.29 is 13.9 Å². The first kappa shape index (κ1) is 15.7. The van der Waals surface area contributed by atoms with Crippen molar-refractivity contribution in [2.75, 3.05) is 11.9 Å². The molecule has 1 aromatic rings. The molecule has 0 aliphatic heterocycles. The Morgan fingerprint density at radius 3 is 2.71 bits per heavy atom. The molecule has 0 aliphatic rings. The minimum absolute atomic E-state index is 0. The molecule has 0 heterocycles. The van der Waals surface area contributed by atoms with Crippen molar-refractivity contribution in [1.82, 2.24) is 0 Å². The summed E-state index contributed by atoms with van der Waals surface area (Å²) >= 11 is 0. The van der Waals surface area contributed by atoms with Crippen molar-refractivity contribution in [3.63, 3.8) is 0 Å². The van der Waals surface area contributed by atoms with Crippen LogP contribution < -0.4 is 15.8 Å². The van der Waals surface area contributed by atoms with Gasteiger partial charge in [-0.15, -0.1) is 12.4 Å². The third kappa shape index (κ3) is 4.58. The van der Waals surface area contributed by atoms with Crippen LogP contribution in [0.5, 0.6) is 5.75 Å². The molecule has 1 rings (SSSR count). The monoisotopic (exact) mass is 262 g/mol. The van der Waals surface area contributed by atoms with E-state index in [-0.39, 0.29) is 24.1 Å². The Morgan fingerprint density at radius 2 is 2.24 bits per heavy atom. The fourth-order valence-electron chi connectivity index (χ4n) is 1.11. The molecule has 0 spiro atoms. The van der Waals surface area contributed by atoms with Crippen molar-refractivity contribution >= 4 is 24.0 Å². The average molecular weight is 263 g/mol. The van der Waals surface area contributed by atoms with Crippen molar-refractivity contribution in [2.45, 2.75) is 19.9 Å². The summed E-state index contributed by atoms with van der Waals surface area (Å²) in [6.07, 6.45) is 0. The second-order valence-corrected chi connectivity index (χ2v) is 3.36. The van der Waals surface area contributed by atoms with Crippen LogP contribution in [0.4, 0.5) is 10.1 Å². The van der Waals surface area contributed by atoms with Crippen LogP contribution in [0.1, 0.15) is 13.8 Å². The van der Waals surface area contributed by atoms with Gasteiger partial charge in [-0.2, -0.15) is 0 Å². The summed E-state index contributed by atoms with van der Waals surface area (Å²) in [5, 5.41) is 2.49. The highest BCUT2D eigenvalue weighted by Gasteiger charge is 2.09. The van der Waals surface area contributed by atoms with Gasteiger partial charge in [-0.05, 0) is 26.0 Å². The number of hydrogen-bond acceptors (Lipinski definition) is 3. The molecule has 3 N–H and O–H groups in total. The molecular weight excluding hydrogens is 247 g/mol. The summed E-state index contributed by atoms with van der Waals surface area (Å²) in [6, 6.07) is 3.60. The molecule has 4 nitrogen and oxygen atoms in total. The normalized spacial score (nSPS) is 11.3. The van der Waals surface area contributed by atoms with Gasteiger partial charge in [0, 0.05) is 11.8 Å². The lowest BCUT2D eigenvalue weighted by molar-refractivity contribution is -0.117. The molecule has 6 heteroatoms. The third-order valence-electron chi connectivity index (χ3n) is 1.91. The number of rotatable bonds is 4. The van der Waals surface area contributed by atoms with E-state index in [9.17, 15) is 9.18 Å². The molecule has 1 atom stereocenters. The quantitative estimate of drug-likeness (QED) is 0.872. The van der Waals surface area contributed by atoms with Gasteiger partial charge in [0.1, 0.15) is 0 Å².